The predicted molar refractivity (Wildman–Crippen MR) is 66.2 cm³/mol. The van der Waals surface area contributed by atoms with Gasteiger partial charge in [0.15, 0.2) is 0 Å². The lowest BCUT2D eigenvalue weighted by Crippen LogP contribution is -2.08. The van der Waals surface area contributed by atoms with Gasteiger partial charge in [0.2, 0.25) is 0 Å². The Morgan fingerprint density at radius 3 is 2.60 bits per heavy atom. The van der Waals surface area contributed by atoms with Crippen LogP contribution >= 0.6 is 0 Å². The van der Waals surface area contributed by atoms with E-state index >= 15 is 0 Å². The van der Waals surface area contributed by atoms with E-state index in [9.17, 15) is 23.3 Å². The summed E-state index contributed by atoms with van der Waals surface area (Å²) in [4.78, 5) is 9.95. The van der Waals surface area contributed by atoms with Crippen LogP contribution in [-0.4, -0.2) is 17.6 Å². The average molecular weight is 287 g/mol. The Hall–Kier alpha value is -2.30. The van der Waals surface area contributed by atoms with Crippen LogP contribution in [-0.2, 0) is 0 Å². The summed E-state index contributed by atoms with van der Waals surface area (Å²) < 4.78 is 35.7. The number of hydrogen-bond acceptors (Lipinski definition) is 4. The summed E-state index contributed by atoms with van der Waals surface area (Å²) in [6.45, 7) is 0.304. The molecule has 1 aromatic rings. The van der Waals surface area contributed by atoms with E-state index in [1.165, 1.54) is 18.2 Å². The molecule has 108 valence electrons. The normalized spacial score (nSPS) is 10.9. The van der Waals surface area contributed by atoms with Crippen LogP contribution in [0.2, 0.25) is 0 Å². The minimum atomic E-state index is -4.15. The Morgan fingerprint density at radius 1 is 1.35 bits per heavy atom. The molecule has 1 N–H and O–H groups in total. The summed E-state index contributed by atoms with van der Waals surface area (Å²) in [5, 5.41) is 22.2. The number of nitrogens with zero attached hydrogens (tertiary/aromatic N) is 2. The van der Waals surface area contributed by atoms with Crippen LogP contribution in [0, 0.1) is 21.4 Å². The molecule has 0 saturated heterocycles. The highest BCUT2D eigenvalue weighted by molar-refractivity contribution is 5.58. The van der Waals surface area contributed by atoms with E-state index in [-0.39, 0.29) is 17.7 Å². The van der Waals surface area contributed by atoms with Gasteiger partial charge >= 0.3 is 6.18 Å². The zero-order valence-electron chi connectivity index (χ0n) is 10.4. The van der Waals surface area contributed by atoms with Crippen molar-refractivity contribution in [2.75, 3.05) is 11.9 Å². The second-order valence-corrected chi connectivity index (χ2v) is 4.10. The molecule has 0 unspecified atom stereocenters. The van der Waals surface area contributed by atoms with Crippen LogP contribution in [0.4, 0.5) is 24.5 Å². The van der Waals surface area contributed by atoms with E-state index < -0.39 is 17.5 Å². The number of alkyl halides is 3. The van der Waals surface area contributed by atoms with Gasteiger partial charge in [-0.3, -0.25) is 10.1 Å². The molecule has 5 nitrogen and oxygen atoms in total. The molecule has 0 amide bonds. The first-order chi connectivity index (χ1) is 9.33. The molecule has 0 radical (unpaired) electrons. The van der Waals surface area contributed by atoms with Crippen molar-refractivity contribution < 1.29 is 18.1 Å². The van der Waals surface area contributed by atoms with Crippen LogP contribution in [0.5, 0.6) is 0 Å². The Morgan fingerprint density at radius 2 is 2.05 bits per heavy atom. The highest BCUT2D eigenvalue weighted by Crippen LogP contribution is 2.23. The largest absolute Gasteiger partial charge is 0.389 e. The molecule has 1 rings (SSSR count). The molecule has 0 saturated carbocycles. The van der Waals surface area contributed by atoms with Crippen molar-refractivity contribution in [2.24, 2.45) is 0 Å². The molecule has 0 heterocycles. The second kappa shape index (κ2) is 6.75. The summed E-state index contributed by atoms with van der Waals surface area (Å²) in [6.07, 6.45) is -4.66. The van der Waals surface area contributed by atoms with Gasteiger partial charge in [-0.2, -0.15) is 18.4 Å². The fourth-order valence-electron chi connectivity index (χ4n) is 1.58. The first-order valence-corrected chi connectivity index (χ1v) is 5.82. The van der Waals surface area contributed by atoms with Crippen molar-refractivity contribution in [3.8, 4) is 6.07 Å². The zero-order chi connectivity index (χ0) is 15.2. The van der Waals surface area contributed by atoms with Crippen molar-refractivity contribution in [2.45, 2.75) is 25.4 Å². The molecule has 1 aromatic carbocycles. The number of rotatable bonds is 6. The van der Waals surface area contributed by atoms with Gasteiger partial charge < -0.3 is 5.32 Å². The van der Waals surface area contributed by atoms with Crippen molar-refractivity contribution >= 4 is 11.4 Å². The van der Waals surface area contributed by atoms with E-state index in [4.69, 9.17) is 5.26 Å². The maximum Gasteiger partial charge on any atom is 0.389 e. The van der Waals surface area contributed by atoms with E-state index in [1.807, 2.05) is 0 Å². The van der Waals surface area contributed by atoms with E-state index in [1.54, 1.807) is 6.07 Å². The van der Waals surface area contributed by atoms with Gasteiger partial charge in [0.05, 0.1) is 4.92 Å². The highest BCUT2D eigenvalue weighted by atomic mass is 19.4. The Bertz CT molecular complexity index is 524. The van der Waals surface area contributed by atoms with Crippen LogP contribution < -0.4 is 5.32 Å². The number of nitriles is 1. The molecule has 20 heavy (non-hydrogen) atoms. The molecular weight excluding hydrogens is 275 g/mol. The Balaban J connectivity index is 2.50. The van der Waals surface area contributed by atoms with Gasteiger partial charge in [-0.15, -0.1) is 0 Å². The number of halogens is 3. The molecular formula is C12H12F3N3O2. The first-order valence-electron chi connectivity index (χ1n) is 5.82. The number of benzene rings is 1. The summed E-state index contributed by atoms with van der Waals surface area (Å²) in [5.41, 5.74) is 0.0876. The zero-order valence-corrected chi connectivity index (χ0v) is 10.4. The molecule has 8 heteroatoms. The average Bonchev–Trinajstić information content (AvgIpc) is 2.36. The predicted octanol–water partition coefficient (Wildman–Crippen LogP) is 3.61. The highest BCUT2D eigenvalue weighted by Gasteiger charge is 2.25. The van der Waals surface area contributed by atoms with Crippen molar-refractivity contribution in [3.05, 3.63) is 33.9 Å². The molecule has 0 aliphatic heterocycles. The van der Waals surface area contributed by atoms with Crippen molar-refractivity contribution in [1.29, 1.82) is 5.26 Å². The van der Waals surface area contributed by atoms with E-state index in [2.05, 4.69) is 5.32 Å². The molecule has 0 spiro atoms. The summed E-state index contributed by atoms with van der Waals surface area (Å²) in [6, 6.07) is 5.63. The minimum absolute atomic E-state index is 0.00852. The fourth-order valence-corrected chi connectivity index (χ4v) is 1.58. The molecule has 0 aliphatic rings. The fraction of sp³-hybridized carbons (Fsp3) is 0.417. The number of nitro groups is 1. The molecule has 0 aromatic heterocycles. The standard InChI is InChI=1S/C12H12F3N3O2/c13-12(14,15)5-1-2-6-17-10-3-4-11(18(19)20)9(7-10)8-16/h3-4,7,17H,1-2,5-6H2. The summed E-state index contributed by atoms with van der Waals surface area (Å²) >= 11 is 0. The molecule has 0 fully saturated rings. The van der Waals surface area contributed by atoms with Crippen LogP contribution in [0.25, 0.3) is 0 Å². The van der Waals surface area contributed by atoms with Gasteiger partial charge in [0.1, 0.15) is 11.6 Å². The first kappa shape index (κ1) is 15.8. The molecule has 0 atom stereocenters. The number of hydrogen-bond donors (Lipinski definition) is 1. The lowest BCUT2D eigenvalue weighted by Gasteiger charge is -2.08. The van der Waals surface area contributed by atoms with Gasteiger partial charge in [-0.25, -0.2) is 0 Å². The third-order valence-electron chi connectivity index (χ3n) is 2.53. The van der Waals surface area contributed by atoms with Crippen molar-refractivity contribution in [1.82, 2.24) is 0 Å². The smallest absolute Gasteiger partial charge is 0.385 e. The molecule has 0 bridgehead atoms. The second-order valence-electron chi connectivity index (χ2n) is 4.10. The lowest BCUT2D eigenvalue weighted by molar-refractivity contribution is -0.385. The van der Waals surface area contributed by atoms with Gasteiger partial charge in [0, 0.05) is 24.7 Å². The Labute approximate surface area is 113 Å². The number of unbranched alkanes of at least 4 members (excludes halogenated alkanes) is 1. The number of anilines is 1. The lowest BCUT2D eigenvalue weighted by atomic mass is 10.1. The SMILES string of the molecule is N#Cc1cc(NCCCCC(F)(F)F)ccc1[N+](=O)[O-]. The summed E-state index contributed by atoms with van der Waals surface area (Å²) in [7, 11) is 0. The third kappa shape index (κ3) is 5.14. The van der Waals surface area contributed by atoms with Crippen molar-refractivity contribution in [3.63, 3.8) is 0 Å². The van der Waals surface area contributed by atoms with Gasteiger partial charge in [0.25, 0.3) is 5.69 Å². The monoisotopic (exact) mass is 287 g/mol. The number of nitrogens with one attached hydrogen (secondary N) is 1. The quantitative estimate of drug-likeness (QED) is 0.492. The maximum absolute atomic E-state index is 11.9. The topological polar surface area (TPSA) is 79.0 Å². The van der Waals surface area contributed by atoms with Gasteiger partial charge in [-0.05, 0) is 25.0 Å². The van der Waals surface area contributed by atoms with Crippen LogP contribution in [0.1, 0.15) is 24.8 Å². The summed E-state index contributed by atoms with van der Waals surface area (Å²) in [5.74, 6) is 0. The third-order valence-corrected chi connectivity index (χ3v) is 2.53. The van der Waals surface area contributed by atoms with Crippen LogP contribution in [0.15, 0.2) is 18.2 Å². The van der Waals surface area contributed by atoms with E-state index in [0.29, 0.717) is 18.7 Å². The van der Waals surface area contributed by atoms with Gasteiger partial charge in [-0.1, -0.05) is 0 Å². The maximum atomic E-state index is 11.9. The minimum Gasteiger partial charge on any atom is -0.385 e. The van der Waals surface area contributed by atoms with E-state index in [0.717, 1.165) is 0 Å². The number of nitro benzene ring substituents is 1. The Kier molecular flexibility index (Phi) is 5.32. The van der Waals surface area contributed by atoms with Crippen LogP contribution in [0.3, 0.4) is 0 Å². The molecule has 0 aliphatic carbocycles.